The lowest BCUT2D eigenvalue weighted by molar-refractivity contribution is 0.0525. The lowest BCUT2D eigenvalue weighted by atomic mass is 10.1. The summed E-state index contributed by atoms with van der Waals surface area (Å²) < 4.78 is 6.48. The molecule has 0 aliphatic carbocycles. The van der Waals surface area contributed by atoms with Gasteiger partial charge in [-0.2, -0.15) is 5.10 Å². The van der Waals surface area contributed by atoms with Crippen molar-refractivity contribution in [1.82, 2.24) is 9.78 Å². The molecule has 2 rings (SSSR count). The molecule has 0 bridgehead atoms. The second kappa shape index (κ2) is 6.01. The Balaban J connectivity index is 2.06. The SMILES string of the molecule is CCOC(=O)c1cnn(Cc2ccc(C(=O)O)cc2)c1. The Bertz CT molecular complexity index is 616. The second-order valence-electron chi connectivity index (χ2n) is 4.15. The van der Waals surface area contributed by atoms with Crippen LogP contribution >= 0.6 is 0 Å². The van der Waals surface area contributed by atoms with Crippen molar-refractivity contribution in [2.24, 2.45) is 0 Å². The number of rotatable bonds is 5. The number of benzene rings is 1. The number of carboxylic acids is 1. The predicted molar refractivity (Wildman–Crippen MR) is 70.7 cm³/mol. The summed E-state index contributed by atoms with van der Waals surface area (Å²) in [7, 11) is 0. The molecule has 1 aromatic carbocycles. The van der Waals surface area contributed by atoms with E-state index in [2.05, 4.69) is 5.10 Å². The minimum Gasteiger partial charge on any atom is -0.478 e. The first kappa shape index (κ1) is 13.8. The molecule has 0 unspecified atom stereocenters. The summed E-state index contributed by atoms with van der Waals surface area (Å²) in [5, 5.41) is 12.9. The van der Waals surface area contributed by atoms with E-state index in [4.69, 9.17) is 9.84 Å². The van der Waals surface area contributed by atoms with Crippen molar-refractivity contribution in [2.75, 3.05) is 6.61 Å². The van der Waals surface area contributed by atoms with E-state index in [1.54, 1.807) is 29.9 Å². The van der Waals surface area contributed by atoms with Crippen molar-refractivity contribution in [3.05, 3.63) is 53.3 Å². The molecule has 0 saturated carbocycles. The Hall–Kier alpha value is -2.63. The number of aromatic nitrogens is 2. The Morgan fingerprint density at radius 2 is 1.95 bits per heavy atom. The van der Waals surface area contributed by atoms with E-state index in [-0.39, 0.29) is 5.56 Å². The third kappa shape index (κ3) is 3.23. The molecule has 2 aromatic rings. The van der Waals surface area contributed by atoms with Crippen LogP contribution in [0, 0.1) is 0 Å². The van der Waals surface area contributed by atoms with Crippen LogP contribution in [0.15, 0.2) is 36.7 Å². The topological polar surface area (TPSA) is 81.4 Å². The zero-order valence-electron chi connectivity index (χ0n) is 10.9. The molecule has 0 saturated heterocycles. The first-order valence-corrected chi connectivity index (χ1v) is 6.12. The van der Waals surface area contributed by atoms with Crippen LogP contribution in [0.2, 0.25) is 0 Å². The van der Waals surface area contributed by atoms with Crippen molar-refractivity contribution in [3.63, 3.8) is 0 Å². The van der Waals surface area contributed by atoms with E-state index in [9.17, 15) is 9.59 Å². The van der Waals surface area contributed by atoms with E-state index in [0.717, 1.165) is 5.56 Å². The number of hydrogen-bond acceptors (Lipinski definition) is 4. The number of esters is 1. The highest BCUT2D eigenvalue weighted by molar-refractivity contribution is 5.88. The van der Waals surface area contributed by atoms with E-state index >= 15 is 0 Å². The highest BCUT2D eigenvalue weighted by Gasteiger charge is 2.09. The normalized spacial score (nSPS) is 10.2. The van der Waals surface area contributed by atoms with Crippen molar-refractivity contribution >= 4 is 11.9 Å². The van der Waals surface area contributed by atoms with Gasteiger partial charge in [-0.1, -0.05) is 12.1 Å². The van der Waals surface area contributed by atoms with Crippen LogP contribution in [0.5, 0.6) is 0 Å². The maximum Gasteiger partial charge on any atom is 0.341 e. The average molecular weight is 274 g/mol. The van der Waals surface area contributed by atoms with Gasteiger partial charge < -0.3 is 9.84 Å². The third-order valence-corrected chi connectivity index (χ3v) is 2.69. The third-order valence-electron chi connectivity index (χ3n) is 2.69. The molecule has 1 N–H and O–H groups in total. The Morgan fingerprint density at radius 1 is 1.25 bits per heavy atom. The van der Waals surface area contributed by atoms with Crippen molar-refractivity contribution in [1.29, 1.82) is 0 Å². The summed E-state index contributed by atoms with van der Waals surface area (Å²) in [4.78, 5) is 22.2. The van der Waals surface area contributed by atoms with Crippen molar-refractivity contribution in [2.45, 2.75) is 13.5 Å². The van der Waals surface area contributed by atoms with Crippen LogP contribution in [-0.2, 0) is 11.3 Å². The fourth-order valence-electron chi connectivity index (χ4n) is 1.71. The van der Waals surface area contributed by atoms with Crippen LogP contribution in [0.3, 0.4) is 0 Å². The highest BCUT2D eigenvalue weighted by atomic mass is 16.5. The van der Waals surface area contributed by atoms with E-state index in [1.165, 1.54) is 18.3 Å². The number of carbonyl (C=O) groups is 2. The summed E-state index contributed by atoms with van der Waals surface area (Å²) >= 11 is 0. The summed E-state index contributed by atoms with van der Waals surface area (Å²) in [5.74, 6) is -1.36. The maximum atomic E-state index is 11.5. The summed E-state index contributed by atoms with van der Waals surface area (Å²) in [5.41, 5.74) is 1.53. The summed E-state index contributed by atoms with van der Waals surface area (Å²) in [6.45, 7) is 2.52. The number of carboxylic acid groups (broad SMARTS) is 1. The van der Waals surface area contributed by atoms with Crippen molar-refractivity contribution in [3.8, 4) is 0 Å². The maximum absolute atomic E-state index is 11.5. The minimum atomic E-state index is -0.958. The molecule has 0 atom stereocenters. The van der Waals surface area contributed by atoms with Gasteiger partial charge in [-0.25, -0.2) is 9.59 Å². The van der Waals surface area contributed by atoms with E-state index in [0.29, 0.717) is 18.7 Å². The molecule has 1 aromatic heterocycles. The molecule has 1 heterocycles. The summed E-state index contributed by atoms with van der Waals surface area (Å²) in [6.07, 6.45) is 3.05. The van der Waals surface area contributed by atoms with Crippen LogP contribution in [-0.4, -0.2) is 33.4 Å². The first-order chi connectivity index (χ1) is 9.60. The zero-order valence-corrected chi connectivity index (χ0v) is 10.9. The predicted octanol–water partition coefficient (Wildman–Crippen LogP) is 1.81. The van der Waals surface area contributed by atoms with Gasteiger partial charge in [0.15, 0.2) is 0 Å². The van der Waals surface area contributed by atoms with Gasteiger partial charge in [-0.05, 0) is 24.6 Å². The smallest absolute Gasteiger partial charge is 0.341 e. The lowest BCUT2D eigenvalue weighted by Crippen LogP contribution is -2.04. The average Bonchev–Trinajstić information content (AvgIpc) is 2.88. The van der Waals surface area contributed by atoms with E-state index < -0.39 is 11.9 Å². The Labute approximate surface area is 115 Å². The number of aromatic carboxylic acids is 1. The molecule has 0 spiro atoms. The minimum absolute atomic E-state index is 0.237. The lowest BCUT2D eigenvalue weighted by Gasteiger charge is -2.02. The van der Waals surface area contributed by atoms with Crippen molar-refractivity contribution < 1.29 is 19.4 Å². The molecule has 6 nitrogen and oxygen atoms in total. The molecular formula is C14H14N2O4. The van der Waals surface area contributed by atoms with Gasteiger partial charge in [0.2, 0.25) is 0 Å². The summed E-state index contributed by atoms with van der Waals surface area (Å²) in [6, 6.07) is 6.51. The number of nitrogens with zero attached hydrogens (tertiary/aromatic N) is 2. The van der Waals surface area contributed by atoms with Gasteiger partial charge in [0.1, 0.15) is 0 Å². The molecule has 20 heavy (non-hydrogen) atoms. The molecule has 0 aliphatic rings. The zero-order chi connectivity index (χ0) is 14.5. The standard InChI is InChI=1S/C14H14N2O4/c1-2-20-14(19)12-7-15-16(9-12)8-10-3-5-11(6-4-10)13(17)18/h3-7,9H,2,8H2,1H3,(H,17,18). The Morgan fingerprint density at radius 3 is 2.55 bits per heavy atom. The van der Waals surface area contributed by atoms with Gasteiger partial charge in [-0.15, -0.1) is 0 Å². The monoisotopic (exact) mass is 274 g/mol. The van der Waals surface area contributed by atoms with Gasteiger partial charge >= 0.3 is 11.9 Å². The molecule has 0 radical (unpaired) electrons. The van der Waals surface area contributed by atoms with Gasteiger partial charge in [0.25, 0.3) is 0 Å². The molecule has 6 heteroatoms. The molecule has 0 amide bonds. The fraction of sp³-hybridized carbons (Fsp3) is 0.214. The largest absolute Gasteiger partial charge is 0.478 e. The number of ether oxygens (including phenoxy) is 1. The first-order valence-electron chi connectivity index (χ1n) is 6.12. The second-order valence-corrected chi connectivity index (χ2v) is 4.15. The highest BCUT2D eigenvalue weighted by Crippen LogP contribution is 2.08. The molecule has 0 aliphatic heterocycles. The van der Waals surface area contributed by atoms with Gasteiger partial charge in [-0.3, -0.25) is 4.68 Å². The van der Waals surface area contributed by atoms with Gasteiger partial charge in [0.05, 0.1) is 30.5 Å². The Kier molecular flexibility index (Phi) is 4.14. The molecule has 0 fully saturated rings. The van der Waals surface area contributed by atoms with Crippen LogP contribution in [0.1, 0.15) is 33.2 Å². The number of hydrogen-bond donors (Lipinski definition) is 1. The van der Waals surface area contributed by atoms with Crippen LogP contribution in [0.4, 0.5) is 0 Å². The molecular weight excluding hydrogens is 260 g/mol. The van der Waals surface area contributed by atoms with Gasteiger partial charge in [0, 0.05) is 6.20 Å². The fourth-order valence-corrected chi connectivity index (χ4v) is 1.71. The number of carbonyl (C=O) groups excluding carboxylic acids is 1. The quantitative estimate of drug-likeness (QED) is 0.841. The van der Waals surface area contributed by atoms with Crippen LogP contribution in [0.25, 0.3) is 0 Å². The van der Waals surface area contributed by atoms with E-state index in [1.807, 2.05) is 0 Å². The molecule has 104 valence electrons. The van der Waals surface area contributed by atoms with Crippen LogP contribution < -0.4 is 0 Å².